The maximum Gasteiger partial charge on any atom is 0.0488 e. The van der Waals surface area contributed by atoms with Crippen LogP contribution in [0.5, 0.6) is 0 Å². The van der Waals surface area contributed by atoms with Gasteiger partial charge in [0.15, 0.2) is 0 Å². The van der Waals surface area contributed by atoms with Crippen molar-refractivity contribution in [3.63, 3.8) is 0 Å². The van der Waals surface area contributed by atoms with Crippen LogP contribution >= 0.6 is 0 Å². The van der Waals surface area contributed by atoms with Gasteiger partial charge in [-0.05, 0) is 61.8 Å². The normalized spacial score (nSPS) is 29.2. The average molecular weight is 255 g/mol. The van der Waals surface area contributed by atoms with Crippen LogP contribution in [0, 0.1) is 23.2 Å². The van der Waals surface area contributed by atoms with Gasteiger partial charge in [0.05, 0.1) is 0 Å². The fraction of sp³-hybridized carbons (Fsp3) is 1.00. The molecule has 0 aliphatic heterocycles. The minimum Gasteiger partial charge on any atom is -0.381 e. The van der Waals surface area contributed by atoms with Gasteiger partial charge in [-0.25, -0.2) is 0 Å². The number of hydrogen-bond donors (Lipinski definition) is 1. The molecule has 2 nitrogen and oxygen atoms in total. The predicted molar refractivity (Wildman–Crippen MR) is 78.6 cm³/mol. The fourth-order valence-corrected chi connectivity index (χ4v) is 3.08. The summed E-state index contributed by atoms with van der Waals surface area (Å²) in [7, 11) is 0. The van der Waals surface area contributed by atoms with Gasteiger partial charge in [0.1, 0.15) is 0 Å². The Morgan fingerprint density at radius 1 is 1.17 bits per heavy atom. The number of nitrogens with two attached hydrogens (primary N) is 1. The largest absolute Gasteiger partial charge is 0.381 e. The predicted octanol–water partition coefficient (Wildman–Crippen LogP) is 3.84. The van der Waals surface area contributed by atoms with E-state index in [1.54, 1.807) is 0 Å². The maximum atomic E-state index is 6.05. The summed E-state index contributed by atoms with van der Waals surface area (Å²) in [6.45, 7) is 11.7. The van der Waals surface area contributed by atoms with Crippen LogP contribution in [-0.2, 0) is 4.74 Å². The van der Waals surface area contributed by atoms with Gasteiger partial charge in [-0.1, -0.05) is 27.7 Å². The highest BCUT2D eigenvalue weighted by Crippen LogP contribution is 2.43. The summed E-state index contributed by atoms with van der Waals surface area (Å²) in [5.74, 6) is 2.38. The summed E-state index contributed by atoms with van der Waals surface area (Å²) in [6, 6.07) is 0. The van der Waals surface area contributed by atoms with Crippen molar-refractivity contribution in [2.24, 2.45) is 28.9 Å². The summed E-state index contributed by atoms with van der Waals surface area (Å²) in [6.07, 6.45) is 6.48. The molecule has 1 aliphatic carbocycles. The number of rotatable bonds is 7. The third-order valence-corrected chi connectivity index (χ3v) is 4.69. The molecule has 0 spiro atoms. The highest BCUT2D eigenvalue weighted by molar-refractivity contribution is 4.87. The van der Waals surface area contributed by atoms with Gasteiger partial charge >= 0.3 is 0 Å². The summed E-state index contributed by atoms with van der Waals surface area (Å²) in [5.41, 5.74) is 6.42. The fourth-order valence-electron chi connectivity index (χ4n) is 3.08. The first-order valence-electron chi connectivity index (χ1n) is 7.77. The molecule has 1 rings (SSSR count). The van der Waals surface area contributed by atoms with Crippen molar-refractivity contribution in [2.45, 2.75) is 59.8 Å². The molecule has 0 radical (unpaired) electrons. The molecule has 1 saturated carbocycles. The van der Waals surface area contributed by atoms with Gasteiger partial charge in [-0.3, -0.25) is 0 Å². The topological polar surface area (TPSA) is 35.2 Å². The van der Waals surface area contributed by atoms with E-state index in [2.05, 4.69) is 27.7 Å². The first-order valence-corrected chi connectivity index (χ1v) is 7.77. The van der Waals surface area contributed by atoms with Crippen LogP contribution in [0.1, 0.15) is 59.8 Å². The van der Waals surface area contributed by atoms with Gasteiger partial charge < -0.3 is 10.5 Å². The maximum absolute atomic E-state index is 6.05. The quantitative estimate of drug-likeness (QED) is 0.702. The highest BCUT2D eigenvalue weighted by atomic mass is 16.5. The third kappa shape index (κ3) is 4.89. The van der Waals surface area contributed by atoms with Crippen molar-refractivity contribution < 1.29 is 4.74 Å². The van der Waals surface area contributed by atoms with E-state index in [9.17, 15) is 0 Å². The standard InChI is InChI=1S/C16H33NO/c1-13(2)11-18-10-9-16(12-17)7-5-15(6-8-16)14(3)4/h13-15H,5-12,17H2,1-4H3. The summed E-state index contributed by atoms with van der Waals surface area (Å²) < 4.78 is 5.74. The molecule has 1 aliphatic rings. The molecule has 0 bridgehead atoms. The molecule has 18 heavy (non-hydrogen) atoms. The van der Waals surface area contributed by atoms with Crippen LogP contribution < -0.4 is 5.73 Å². The zero-order valence-electron chi connectivity index (χ0n) is 12.9. The van der Waals surface area contributed by atoms with E-state index in [1.807, 2.05) is 0 Å². The molecular weight excluding hydrogens is 222 g/mol. The molecule has 1 fully saturated rings. The zero-order valence-corrected chi connectivity index (χ0v) is 12.9. The lowest BCUT2D eigenvalue weighted by atomic mass is 9.66. The second-order valence-electron chi connectivity index (χ2n) is 7.00. The van der Waals surface area contributed by atoms with Crippen molar-refractivity contribution >= 4 is 0 Å². The lowest BCUT2D eigenvalue weighted by Gasteiger charge is -2.40. The van der Waals surface area contributed by atoms with Crippen LogP contribution in [-0.4, -0.2) is 19.8 Å². The van der Waals surface area contributed by atoms with Crippen molar-refractivity contribution in [3.05, 3.63) is 0 Å². The molecule has 0 atom stereocenters. The number of hydrogen-bond acceptors (Lipinski definition) is 2. The molecule has 0 aromatic rings. The first-order chi connectivity index (χ1) is 8.49. The lowest BCUT2D eigenvalue weighted by molar-refractivity contribution is 0.0511. The van der Waals surface area contributed by atoms with Crippen LogP contribution in [0.2, 0.25) is 0 Å². The third-order valence-electron chi connectivity index (χ3n) is 4.69. The molecule has 2 heteroatoms. The smallest absolute Gasteiger partial charge is 0.0488 e. The van der Waals surface area contributed by atoms with E-state index in [-0.39, 0.29) is 0 Å². The monoisotopic (exact) mass is 255 g/mol. The highest BCUT2D eigenvalue weighted by Gasteiger charge is 2.34. The van der Waals surface area contributed by atoms with Crippen molar-refractivity contribution in [2.75, 3.05) is 19.8 Å². The Labute approximate surface area is 114 Å². The summed E-state index contributed by atoms with van der Waals surface area (Å²) >= 11 is 0. The van der Waals surface area contributed by atoms with Crippen LogP contribution in [0.3, 0.4) is 0 Å². The lowest BCUT2D eigenvalue weighted by Crippen LogP contribution is -2.37. The Hall–Kier alpha value is -0.0800. The second kappa shape index (κ2) is 7.49. The van der Waals surface area contributed by atoms with Gasteiger partial charge in [0.25, 0.3) is 0 Å². The van der Waals surface area contributed by atoms with Crippen molar-refractivity contribution in [3.8, 4) is 0 Å². The second-order valence-corrected chi connectivity index (χ2v) is 7.00. The Bertz CT molecular complexity index is 217. The van der Waals surface area contributed by atoms with E-state index >= 15 is 0 Å². The molecule has 0 aromatic heterocycles. The molecule has 0 saturated heterocycles. The molecule has 2 N–H and O–H groups in total. The van der Waals surface area contributed by atoms with E-state index in [4.69, 9.17) is 10.5 Å². The Balaban J connectivity index is 2.31. The molecule has 108 valence electrons. The average Bonchev–Trinajstić information content (AvgIpc) is 2.35. The van der Waals surface area contributed by atoms with Gasteiger partial charge in [-0.15, -0.1) is 0 Å². The van der Waals surface area contributed by atoms with E-state index in [1.165, 1.54) is 25.7 Å². The molecule has 0 heterocycles. The van der Waals surface area contributed by atoms with Crippen LogP contribution in [0.15, 0.2) is 0 Å². The molecular formula is C16H33NO. The SMILES string of the molecule is CC(C)COCCC1(CN)CCC(C(C)C)CC1. The summed E-state index contributed by atoms with van der Waals surface area (Å²) in [4.78, 5) is 0. The van der Waals surface area contributed by atoms with Crippen LogP contribution in [0.25, 0.3) is 0 Å². The van der Waals surface area contributed by atoms with Gasteiger partial charge in [0, 0.05) is 13.2 Å². The Morgan fingerprint density at radius 3 is 2.22 bits per heavy atom. The van der Waals surface area contributed by atoms with E-state index in [0.29, 0.717) is 11.3 Å². The van der Waals surface area contributed by atoms with E-state index in [0.717, 1.165) is 38.0 Å². The van der Waals surface area contributed by atoms with Crippen molar-refractivity contribution in [1.29, 1.82) is 0 Å². The van der Waals surface area contributed by atoms with Crippen molar-refractivity contribution in [1.82, 2.24) is 0 Å². The first kappa shape index (κ1) is 16.0. The minimum absolute atomic E-state index is 0.377. The van der Waals surface area contributed by atoms with Crippen LogP contribution in [0.4, 0.5) is 0 Å². The zero-order chi connectivity index (χ0) is 13.6. The minimum atomic E-state index is 0.377. The molecule has 0 unspecified atom stereocenters. The summed E-state index contributed by atoms with van der Waals surface area (Å²) in [5, 5.41) is 0. The van der Waals surface area contributed by atoms with Gasteiger partial charge in [0.2, 0.25) is 0 Å². The van der Waals surface area contributed by atoms with E-state index < -0.39 is 0 Å². The Kier molecular flexibility index (Phi) is 6.65. The Morgan fingerprint density at radius 2 is 1.78 bits per heavy atom. The van der Waals surface area contributed by atoms with Gasteiger partial charge in [-0.2, -0.15) is 0 Å². The molecule has 0 aromatic carbocycles. The number of ether oxygens (including phenoxy) is 1. The molecule has 0 amide bonds.